The molecule has 92 heavy (non-hydrogen) atoms. The zero-order valence-corrected chi connectivity index (χ0v) is 61.9. The molecule has 0 radical (unpaired) electrons. The Hall–Kier alpha value is -7.75. The topological polar surface area (TPSA) is 182 Å². The maximum absolute atomic E-state index is 11.4. The lowest BCUT2D eigenvalue weighted by Crippen LogP contribution is -2.14. The Labute approximate surface area is 562 Å². The molecule has 7 aromatic rings. The second-order valence-electron chi connectivity index (χ2n) is 15.1. The van der Waals surface area contributed by atoms with E-state index in [1.807, 2.05) is 213 Å². The monoisotopic (exact) mass is 1290 g/mol. The first kappa shape index (κ1) is 103. The van der Waals surface area contributed by atoms with E-state index in [2.05, 4.69) is 119 Å². The number of amides is 1. The van der Waals surface area contributed by atoms with Gasteiger partial charge in [-0.3, -0.25) is 24.8 Å². The number of ether oxygens (including phenoxy) is 2. The summed E-state index contributed by atoms with van der Waals surface area (Å²) in [6, 6.07) is 28.4. The zero-order chi connectivity index (χ0) is 71.5. The van der Waals surface area contributed by atoms with E-state index in [1.165, 1.54) is 113 Å². The predicted molar refractivity (Wildman–Crippen MR) is 395 cm³/mol. The van der Waals surface area contributed by atoms with Crippen molar-refractivity contribution in [1.29, 1.82) is 0 Å². The van der Waals surface area contributed by atoms with Crippen LogP contribution in [0.15, 0.2) is 195 Å². The smallest absolute Gasteiger partial charge is 0.452 e. The predicted octanol–water partition coefficient (Wildman–Crippen LogP) is 22.9. The fourth-order valence-electron chi connectivity index (χ4n) is 6.29. The summed E-state index contributed by atoms with van der Waals surface area (Å²) in [5.74, 6) is 0.204. The summed E-state index contributed by atoms with van der Waals surface area (Å²) < 4.78 is 34.6. The average molecular weight is 1290 g/mol. The van der Waals surface area contributed by atoms with Crippen LogP contribution < -0.4 is 10.6 Å². The molecule has 5 aromatic heterocycles. The number of H-pyrrole nitrogens is 2. The third-order valence-corrected chi connectivity index (χ3v) is 9.69. The number of carbonyl (C=O) groups excluding carboxylic acids is 1. The Morgan fingerprint density at radius 2 is 0.957 bits per heavy atom. The molecule has 1 saturated carbocycles. The lowest BCUT2D eigenvalue weighted by Gasteiger charge is -2.08. The van der Waals surface area contributed by atoms with Gasteiger partial charge in [0.25, 0.3) is 0 Å². The normalized spacial score (nSPS) is 12.0. The first-order chi connectivity index (χ1) is 45.5. The summed E-state index contributed by atoms with van der Waals surface area (Å²) in [7, 11) is 0. The number of nitrogens with zero attached hydrogens (tertiary/aromatic N) is 6. The molecular weight excluding hydrogens is 1150 g/mol. The minimum Gasteiger partial charge on any atom is -0.452 e. The van der Waals surface area contributed by atoms with Gasteiger partial charge in [-0.15, -0.1) is 8.78 Å². The molecule has 8 heterocycles. The van der Waals surface area contributed by atoms with E-state index < -0.39 is 6.29 Å². The highest BCUT2D eigenvalue weighted by Crippen LogP contribution is 2.22. The Morgan fingerprint density at radius 1 is 0.467 bits per heavy atom. The van der Waals surface area contributed by atoms with E-state index in [0.29, 0.717) is 0 Å². The van der Waals surface area contributed by atoms with Crippen LogP contribution in [0.4, 0.5) is 8.78 Å². The summed E-state index contributed by atoms with van der Waals surface area (Å²) >= 11 is 0. The second kappa shape index (κ2) is 102. The Morgan fingerprint density at radius 3 is 1.23 bits per heavy atom. The van der Waals surface area contributed by atoms with Crippen molar-refractivity contribution >= 4 is 12.0 Å². The summed E-state index contributed by atoms with van der Waals surface area (Å²) in [5.41, 5.74) is 5.86. The minimum absolute atomic E-state index is 0.204. The first-order valence-corrected chi connectivity index (χ1v) is 34.6. The van der Waals surface area contributed by atoms with Crippen LogP contribution in [-0.2, 0) is 33.5 Å². The highest BCUT2D eigenvalue weighted by Gasteiger charge is 2.35. The third-order valence-electron chi connectivity index (χ3n) is 9.69. The number of carbonyl (C=O) groups is 1. The van der Waals surface area contributed by atoms with Gasteiger partial charge in [-0.1, -0.05) is 276 Å². The molecule has 526 valence electrons. The van der Waals surface area contributed by atoms with Gasteiger partial charge in [0.1, 0.15) is 31.4 Å². The average Bonchev–Trinajstić information content (AvgIpc) is 4.64. The van der Waals surface area contributed by atoms with Crippen molar-refractivity contribution < 1.29 is 27.5 Å². The molecule has 2 fully saturated rings. The number of benzene rings is 2. The number of rotatable bonds is 0. The quantitative estimate of drug-likeness (QED) is 0.113. The number of pyridine rings is 1. The molecule has 1 amide bonds. The molecule has 4 N–H and O–H groups in total. The van der Waals surface area contributed by atoms with Gasteiger partial charge in [-0.05, 0) is 86.0 Å². The third kappa shape index (κ3) is 82.2. The number of hydrogen-bond donors (Lipinski definition) is 4. The number of hydrogen-bond acceptors (Lipinski definition) is 11. The minimum atomic E-state index is -3.42. The number of nitrogens with one attached hydrogen (secondary N) is 4. The van der Waals surface area contributed by atoms with Crippen LogP contribution in [0.2, 0.25) is 0 Å². The van der Waals surface area contributed by atoms with Crippen molar-refractivity contribution in [3.05, 3.63) is 213 Å². The molecule has 0 unspecified atom stereocenters. The number of aromatic amines is 2. The van der Waals surface area contributed by atoms with Crippen molar-refractivity contribution in [3.63, 3.8) is 0 Å². The Kier molecular flexibility index (Phi) is 114. The van der Waals surface area contributed by atoms with E-state index in [4.69, 9.17) is 0 Å². The van der Waals surface area contributed by atoms with Gasteiger partial charge in [0.05, 0.1) is 6.20 Å². The number of aromatic nitrogens is 8. The van der Waals surface area contributed by atoms with E-state index >= 15 is 0 Å². The molecule has 6 aliphatic rings. The van der Waals surface area contributed by atoms with Crippen molar-refractivity contribution in [2.24, 2.45) is 0 Å². The van der Waals surface area contributed by atoms with Gasteiger partial charge in [0, 0.05) is 68.6 Å². The van der Waals surface area contributed by atoms with Crippen molar-refractivity contribution in [2.75, 3.05) is 13.1 Å². The van der Waals surface area contributed by atoms with Crippen LogP contribution in [0.5, 0.6) is 0 Å². The number of alkyl halides is 2. The largest absolute Gasteiger partial charge is 0.585 e. The number of oxazole rings is 1. The molecule has 0 spiro atoms. The zero-order valence-electron chi connectivity index (χ0n) is 61.9. The Balaban J connectivity index is -0.000000115. The van der Waals surface area contributed by atoms with Crippen LogP contribution in [0.25, 0.3) is 6.08 Å². The van der Waals surface area contributed by atoms with Crippen molar-refractivity contribution in [2.45, 2.75) is 249 Å². The van der Waals surface area contributed by atoms with E-state index in [-0.39, 0.29) is 5.91 Å². The molecule has 3 aliphatic heterocycles. The van der Waals surface area contributed by atoms with Gasteiger partial charge in [-0.25, -0.2) is 9.97 Å². The van der Waals surface area contributed by atoms with E-state index in [0.717, 1.165) is 44.9 Å². The van der Waals surface area contributed by atoms with Crippen molar-refractivity contribution in [3.8, 4) is 0 Å². The van der Waals surface area contributed by atoms with Crippen LogP contribution in [0.1, 0.15) is 245 Å². The second-order valence-corrected chi connectivity index (χ2v) is 15.1. The molecule has 0 atom stereocenters. The SMILES string of the molecule is C1=CNCC1.C1=Cc2ccccc2C1.C1CCCCC1.CC.CC.CC.CC.CC.CC.CC.CC.CC.CC.CC.FC1(F)OC=CO1.O=C1CCCN1.c1cc2c([nH]1)CCCC2.c1ccccc1.c1ccncc1.c1cnccn1.c1cocn1.c1nc[nH]n1. The lowest BCUT2D eigenvalue weighted by molar-refractivity contribution is -0.329. The van der Waals surface area contributed by atoms with Crippen LogP contribution in [-0.4, -0.2) is 65.4 Å². The highest BCUT2D eigenvalue weighted by atomic mass is 19.3. The van der Waals surface area contributed by atoms with Crippen LogP contribution in [0.3, 0.4) is 0 Å². The highest BCUT2D eigenvalue weighted by molar-refractivity contribution is 5.77. The standard InChI is InChI=1S/C9H8.C8H11N.C6H12.C6H6.C5H5N.C4H4N2.C4H7NO.C4H7N.C3H2F2O2.C3H3NO.C2H3N3.11C2H6/c1-2-5-9-7-3-6-8(9)4-1;1-2-4-8-7(3-1)5-6-9-8;3*1-2-4-6-5-3-1;1-2-6-4-3-5-1;6-4-2-1-3-5-4;1-2-4-5-3-1;4-3(5)6-1-2-7-3;1-2-5-3-4-1;1-3-2-5-4-1;11*1-2/h1-6H,7H2;5-6,9H,1-4H2;1-6H2;1-6H;1-5H;1-4H;1-3H2,(H,5,6);1,3,5H,2,4H2;1-2H;1-3H;1-2H,(H,3,4,5);11*1-2H3. The molecule has 16 heteroatoms. The van der Waals surface area contributed by atoms with Gasteiger partial charge in [0.15, 0.2) is 6.39 Å². The fourth-order valence-corrected chi connectivity index (χ4v) is 6.29. The first-order valence-electron chi connectivity index (χ1n) is 34.6. The van der Waals surface area contributed by atoms with Crippen LogP contribution >= 0.6 is 0 Å². The number of allylic oxidation sites excluding steroid dienone is 1. The lowest BCUT2D eigenvalue weighted by atomic mass is 9.98. The van der Waals surface area contributed by atoms with Gasteiger partial charge in [-0.2, -0.15) is 5.10 Å². The summed E-state index contributed by atoms with van der Waals surface area (Å²) in [6.45, 7) is 46.0. The van der Waals surface area contributed by atoms with Gasteiger partial charge in [0.2, 0.25) is 5.91 Å². The molecule has 0 bridgehead atoms. The van der Waals surface area contributed by atoms with E-state index in [9.17, 15) is 13.6 Å². The number of fused-ring (bicyclic) bond motifs is 2. The molecule has 14 nitrogen and oxygen atoms in total. The molecule has 13 rings (SSSR count). The molecular formula is C76H134F2N10O4. The number of aryl methyl sites for hydroxylation is 2. The van der Waals surface area contributed by atoms with Crippen molar-refractivity contribution in [1.82, 2.24) is 50.7 Å². The number of halogens is 2. The maximum Gasteiger partial charge on any atom is 0.585 e. The molecule has 3 aliphatic carbocycles. The summed E-state index contributed by atoms with van der Waals surface area (Å²) in [6.07, 6.45) is 44.6. The van der Waals surface area contributed by atoms with E-state index in [1.54, 1.807) is 48.9 Å². The molecule has 1 saturated heterocycles. The maximum atomic E-state index is 11.4. The summed E-state index contributed by atoms with van der Waals surface area (Å²) in [5, 5.41) is 11.7. The van der Waals surface area contributed by atoms with Crippen LogP contribution in [0, 0.1) is 0 Å². The summed E-state index contributed by atoms with van der Waals surface area (Å²) in [4.78, 5) is 31.7. The van der Waals surface area contributed by atoms with Gasteiger partial charge < -0.3 is 29.5 Å². The molecule has 2 aromatic carbocycles. The fraction of sp³-hybridized carbons (Fsp3) is 0.513. The Bertz CT molecular complexity index is 2000. The van der Waals surface area contributed by atoms with Gasteiger partial charge >= 0.3 is 6.29 Å².